The predicted octanol–water partition coefficient (Wildman–Crippen LogP) is 3.65. The summed E-state index contributed by atoms with van der Waals surface area (Å²) in [7, 11) is 0. The number of hydrogen-bond donors (Lipinski definition) is 1. The van der Waals surface area contributed by atoms with Gasteiger partial charge in [0.15, 0.2) is 0 Å². The summed E-state index contributed by atoms with van der Waals surface area (Å²) < 4.78 is 0. The minimum Gasteiger partial charge on any atom is -0.399 e. The number of rotatable bonds is 1. The average Bonchev–Trinajstić information content (AvgIpc) is 2.24. The van der Waals surface area contributed by atoms with Gasteiger partial charge in [0.1, 0.15) is 0 Å². The van der Waals surface area contributed by atoms with Crippen molar-refractivity contribution in [2.45, 2.75) is 26.2 Å². The number of benzene rings is 1. The summed E-state index contributed by atoms with van der Waals surface area (Å²) >= 11 is 0. The molecule has 0 amide bonds. The zero-order chi connectivity index (χ0) is 10.8. The molecule has 1 aromatic carbocycles. The molecular formula is C14H17N. The minimum absolute atomic E-state index is 0.538. The second kappa shape index (κ2) is 3.93. The van der Waals surface area contributed by atoms with E-state index in [1.165, 1.54) is 16.7 Å². The SMILES string of the molecule is CC1=C(C)C(c2ccc(N)cc2)CC=C1. The molecule has 0 saturated carbocycles. The highest BCUT2D eigenvalue weighted by atomic mass is 14.5. The molecule has 0 spiro atoms. The molecule has 1 aromatic rings. The maximum Gasteiger partial charge on any atom is 0.0314 e. The van der Waals surface area contributed by atoms with Crippen molar-refractivity contribution in [1.29, 1.82) is 0 Å². The van der Waals surface area contributed by atoms with Crippen LogP contribution >= 0.6 is 0 Å². The van der Waals surface area contributed by atoms with Crippen molar-refractivity contribution in [2.24, 2.45) is 0 Å². The van der Waals surface area contributed by atoms with E-state index in [4.69, 9.17) is 5.73 Å². The van der Waals surface area contributed by atoms with Crippen molar-refractivity contribution in [2.75, 3.05) is 5.73 Å². The molecule has 1 nitrogen and oxygen atoms in total. The second-order valence-corrected chi connectivity index (χ2v) is 4.22. The molecule has 2 rings (SSSR count). The van der Waals surface area contributed by atoms with Gasteiger partial charge in [-0.25, -0.2) is 0 Å². The molecule has 0 saturated heterocycles. The van der Waals surface area contributed by atoms with Crippen LogP contribution in [0.4, 0.5) is 5.69 Å². The van der Waals surface area contributed by atoms with Crippen molar-refractivity contribution in [1.82, 2.24) is 0 Å². The van der Waals surface area contributed by atoms with Crippen LogP contribution in [0.2, 0.25) is 0 Å². The van der Waals surface area contributed by atoms with Crippen molar-refractivity contribution in [3.63, 3.8) is 0 Å². The fourth-order valence-corrected chi connectivity index (χ4v) is 2.08. The van der Waals surface area contributed by atoms with Crippen molar-refractivity contribution in [3.05, 3.63) is 53.1 Å². The van der Waals surface area contributed by atoms with E-state index < -0.39 is 0 Å². The summed E-state index contributed by atoms with van der Waals surface area (Å²) in [5.41, 5.74) is 10.8. The van der Waals surface area contributed by atoms with Gasteiger partial charge in [-0.1, -0.05) is 35.4 Å². The highest BCUT2D eigenvalue weighted by molar-refractivity contribution is 5.44. The third kappa shape index (κ3) is 1.96. The summed E-state index contributed by atoms with van der Waals surface area (Å²) in [6, 6.07) is 8.23. The van der Waals surface area contributed by atoms with Gasteiger partial charge in [-0.3, -0.25) is 0 Å². The number of nitrogen functional groups attached to an aromatic ring is 1. The van der Waals surface area contributed by atoms with Gasteiger partial charge < -0.3 is 5.73 Å². The molecule has 0 fully saturated rings. The molecule has 1 aliphatic rings. The number of anilines is 1. The van der Waals surface area contributed by atoms with E-state index in [-0.39, 0.29) is 0 Å². The lowest BCUT2D eigenvalue weighted by Crippen LogP contribution is -2.04. The van der Waals surface area contributed by atoms with Crippen LogP contribution in [0.15, 0.2) is 47.6 Å². The van der Waals surface area contributed by atoms with Gasteiger partial charge >= 0.3 is 0 Å². The van der Waals surface area contributed by atoms with Crippen molar-refractivity contribution < 1.29 is 0 Å². The monoisotopic (exact) mass is 199 g/mol. The zero-order valence-corrected chi connectivity index (χ0v) is 9.33. The van der Waals surface area contributed by atoms with Crippen molar-refractivity contribution in [3.8, 4) is 0 Å². The molecule has 1 aliphatic carbocycles. The maximum atomic E-state index is 5.69. The van der Waals surface area contributed by atoms with Gasteiger partial charge in [-0.2, -0.15) is 0 Å². The Morgan fingerprint density at radius 3 is 2.47 bits per heavy atom. The number of allylic oxidation sites excluding steroid dienone is 4. The molecule has 0 aromatic heterocycles. The van der Waals surface area contributed by atoms with E-state index in [9.17, 15) is 0 Å². The van der Waals surface area contributed by atoms with Crippen molar-refractivity contribution >= 4 is 5.69 Å². The summed E-state index contributed by atoms with van der Waals surface area (Å²) in [5, 5.41) is 0. The largest absolute Gasteiger partial charge is 0.399 e. The molecule has 1 unspecified atom stereocenters. The lowest BCUT2D eigenvalue weighted by atomic mass is 9.83. The topological polar surface area (TPSA) is 26.0 Å². The first kappa shape index (κ1) is 10.0. The Kier molecular flexibility index (Phi) is 2.63. The first-order chi connectivity index (χ1) is 7.18. The van der Waals surface area contributed by atoms with Gasteiger partial charge in [-0.15, -0.1) is 0 Å². The Hall–Kier alpha value is -1.50. The molecule has 1 atom stereocenters. The lowest BCUT2D eigenvalue weighted by molar-refractivity contribution is 0.785. The third-order valence-corrected chi connectivity index (χ3v) is 3.22. The number of hydrogen-bond acceptors (Lipinski definition) is 1. The van der Waals surface area contributed by atoms with Crippen LogP contribution < -0.4 is 5.73 Å². The first-order valence-electron chi connectivity index (χ1n) is 5.38. The Bertz CT molecular complexity index is 409. The fraction of sp³-hybridized carbons (Fsp3) is 0.286. The Morgan fingerprint density at radius 1 is 1.13 bits per heavy atom. The standard InChI is InChI=1S/C14H17N/c1-10-4-3-5-14(11(10)2)12-6-8-13(15)9-7-12/h3-4,6-9,14H,5,15H2,1-2H3. The normalized spacial score (nSPS) is 20.8. The molecule has 1 heteroatoms. The highest BCUT2D eigenvalue weighted by Gasteiger charge is 2.16. The summed E-state index contributed by atoms with van der Waals surface area (Å²) in [5.74, 6) is 0.538. The summed E-state index contributed by atoms with van der Waals surface area (Å²) in [4.78, 5) is 0. The Morgan fingerprint density at radius 2 is 1.80 bits per heavy atom. The zero-order valence-electron chi connectivity index (χ0n) is 9.33. The van der Waals surface area contributed by atoms with Gasteiger partial charge in [0, 0.05) is 11.6 Å². The van der Waals surface area contributed by atoms with Crippen LogP contribution in [-0.2, 0) is 0 Å². The van der Waals surface area contributed by atoms with E-state index in [1.807, 2.05) is 12.1 Å². The van der Waals surface area contributed by atoms with Crippen LogP contribution in [-0.4, -0.2) is 0 Å². The van der Waals surface area contributed by atoms with Gasteiger partial charge in [0.25, 0.3) is 0 Å². The van der Waals surface area contributed by atoms with Crippen LogP contribution in [0.1, 0.15) is 31.7 Å². The molecular weight excluding hydrogens is 182 g/mol. The Labute approximate surface area is 91.3 Å². The molecule has 78 valence electrons. The summed E-state index contributed by atoms with van der Waals surface area (Å²) in [6.07, 6.45) is 5.57. The average molecular weight is 199 g/mol. The van der Waals surface area contributed by atoms with E-state index >= 15 is 0 Å². The first-order valence-corrected chi connectivity index (χ1v) is 5.38. The quantitative estimate of drug-likeness (QED) is 0.686. The van der Waals surface area contributed by atoms with E-state index in [0.29, 0.717) is 5.92 Å². The van der Waals surface area contributed by atoms with Crippen LogP contribution in [0.5, 0.6) is 0 Å². The van der Waals surface area contributed by atoms with Crippen LogP contribution in [0.25, 0.3) is 0 Å². The second-order valence-electron chi connectivity index (χ2n) is 4.22. The molecule has 0 aliphatic heterocycles. The summed E-state index contributed by atoms with van der Waals surface area (Å²) in [6.45, 7) is 4.40. The molecule has 0 bridgehead atoms. The van der Waals surface area contributed by atoms with E-state index in [1.54, 1.807) is 0 Å². The van der Waals surface area contributed by atoms with Gasteiger partial charge in [-0.05, 0) is 38.0 Å². The number of nitrogens with two attached hydrogens (primary N) is 1. The fourth-order valence-electron chi connectivity index (χ4n) is 2.08. The van der Waals surface area contributed by atoms with Gasteiger partial charge in [0.2, 0.25) is 0 Å². The highest BCUT2D eigenvalue weighted by Crippen LogP contribution is 2.33. The minimum atomic E-state index is 0.538. The third-order valence-electron chi connectivity index (χ3n) is 3.22. The molecule has 0 heterocycles. The van der Waals surface area contributed by atoms with E-state index in [2.05, 4.69) is 38.1 Å². The van der Waals surface area contributed by atoms with Crippen LogP contribution in [0.3, 0.4) is 0 Å². The maximum absolute atomic E-state index is 5.69. The molecule has 0 radical (unpaired) electrons. The molecule has 15 heavy (non-hydrogen) atoms. The van der Waals surface area contributed by atoms with Gasteiger partial charge in [0.05, 0.1) is 0 Å². The van der Waals surface area contributed by atoms with Crippen LogP contribution in [0, 0.1) is 0 Å². The predicted molar refractivity (Wildman–Crippen MR) is 65.7 cm³/mol. The Balaban J connectivity index is 2.33. The molecule has 2 N–H and O–H groups in total. The van der Waals surface area contributed by atoms with E-state index in [0.717, 1.165) is 12.1 Å². The lowest BCUT2D eigenvalue weighted by Gasteiger charge is -2.22. The smallest absolute Gasteiger partial charge is 0.0314 e.